The summed E-state index contributed by atoms with van der Waals surface area (Å²) in [6, 6.07) is 20.6. The summed E-state index contributed by atoms with van der Waals surface area (Å²) >= 11 is 0. The molecule has 0 unspecified atom stereocenters. The van der Waals surface area contributed by atoms with Crippen molar-refractivity contribution in [3.63, 3.8) is 0 Å². The Morgan fingerprint density at radius 1 is 0.938 bits per heavy atom. The molecule has 4 aromatic rings. The summed E-state index contributed by atoms with van der Waals surface area (Å²) in [5.41, 5.74) is 4.42. The normalized spacial score (nSPS) is 10.6. The number of carbonyl (C=O) groups is 1. The predicted molar refractivity (Wildman–Crippen MR) is 124 cm³/mol. The molecule has 8 nitrogen and oxygen atoms in total. The number of anilines is 3. The molecule has 0 saturated carbocycles. The van der Waals surface area contributed by atoms with Crippen LogP contribution in [-0.2, 0) is 11.2 Å². The molecule has 0 aliphatic carbocycles. The van der Waals surface area contributed by atoms with Crippen molar-refractivity contribution in [1.82, 2.24) is 20.0 Å². The van der Waals surface area contributed by atoms with Crippen molar-refractivity contribution < 1.29 is 9.53 Å². The Morgan fingerprint density at radius 3 is 2.25 bits per heavy atom. The minimum atomic E-state index is -0.0820. The van der Waals surface area contributed by atoms with Gasteiger partial charge in [0.2, 0.25) is 5.91 Å². The Hall–Kier alpha value is -4.20. The molecule has 0 atom stereocenters. The van der Waals surface area contributed by atoms with Crippen LogP contribution in [0.5, 0.6) is 5.75 Å². The van der Waals surface area contributed by atoms with Crippen molar-refractivity contribution >= 4 is 23.1 Å². The average molecular weight is 428 g/mol. The number of hydrogen-bond donors (Lipinski definition) is 2. The topological polar surface area (TPSA) is 94.0 Å². The monoisotopic (exact) mass is 428 g/mol. The standard InChI is InChI=1S/C24H24N6O2/c1-16-14-17(2)30(29-16)23-13-12-22(27-28-23)25-19-6-8-20(9-7-19)26-24(31)15-18-4-10-21(32-3)11-5-18/h4-14H,15H2,1-3H3,(H,25,27)(H,26,31). The van der Waals surface area contributed by atoms with E-state index in [1.807, 2.05) is 80.6 Å². The Morgan fingerprint density at radius 2 is 1.66 bits per heavy atom. The number of carbonyl (C=O) groups excluding carboxylic acids is 1. The molecule has 0 radical (unpaired) electrons. The zero-order valence-corrected chi connectivity index (χ0v) is 18.2. The van der Waals surface area contributed by atoms with Gasteiger partial charge in [-0.15, -0.1) is 10.2 Å². The van der Waals surface area contributed by atoms with E-state index in [2.05, 4.69) is 25.9 Å². The molecule has 32 heavy (non-hydrogen) atoms. The van der Waals surface area contributed by atoms with Gasteiger partial charge in [0.15, 0.2) is 11.6 Å². The molecular formula is C24H24N6O2. The second kappa shape index (κ2) is 9.30. The average Bonchev–Trinajstić information content (AvgIpc) is 3.14. The lowest BCUT2D eigenvalue weighted by molar-refractivity contribution is -0.115. The van der Waals surface area contributed by atoms with Crippen LogP contribution >= 0.6 is 0 Å². The van der Waals surface area contributed by atoms with Gasteiger partial charge < -0.3 is 15.4 Å². The van der Waals surface area contributed by atoms with E-state index >= 15 is 0 Å². The van der Waals surface area contributed by atoms with E-state index in [9.17, 15) is 4.79 Å². The largest absolute Gasteiger partial charge is 0.497 e. The second-order valence-corrected chi connectivity index (χ2v) is 7.39. The molecule has 0 aliphatic rings. The molecule has 0 fully saturated rings. The van der Waals surface area contributed by atoms with Gasteiger partial charge in [-0.2, -0.15) is 5.10 Å². The van der Waals surface area contributed by atoms with Crippen LogP contribution in [0.1, 0.15) is 17.0 Å². The number of amides is 1. The molecule has 1 amide bonds. The van der Waals surface area contributed by atoms with Crippen molar-refractivity contribution in [2.75, 3.05) is 17.7 Å². The smallest absolute Gasteiger partial charge is 0.228 e. The van der Waals surface area contributed by atoms with E-state index in [0.29, 0.717) is 18.1 Å². The van der Waals surface area contributed by atoms with Crippen LogP contribution in [0.4, 0.5) is 17.2 Å². The van der Waals surface area contributed by atoms with Crippen molar-refractivity contribution in [3.8, 4) is 11.6 Å². The lowest BCUT2D eigenvalue weighted by atomic mass is 10.1. The quantitative estimate of drug-likeness (QED) is 0.458. The fourth-order valence-electron chi connectivity index (χ4n) is 3.28. The summed E-state index contributed by atoms with van der Waals surface area (Å²) in [6.45, 7) is 3.92. The number of ether oxygens (including phenoxy) is 1. The molecule has 2 N–H and O–H groups in total. The maximum atomic E-state index is 12.3. The SMILES string of the molecule is COc1ccc(CC(=O)Nc2ccc(Nc3ccc(-n4nc(C)cc4C)nn3)cc2)cc1. The van der Waals surface area contributed by atoms with Crippen LogP contribution in [0.25, 0.3) is 5.82 Å². The third-order valence-electron chi connectivity index (χ3n) is 4.84. The Balaban J connectivity index is 1.34. The van der Waals surface area contributed by atoms with Gasteiger partial charge in [0.05, 0.1) is 19.2 Å². The van der Waals surface area contributed by atoms with Gasteiger partial charge in [-0.05, 0) is 74.0 Å². The summed E-state index contributed by atoms with van der Waals surface area (Å²) in [4.78, 5) is 12.3. The summed E-state index contributed by atoms with van der Waals surface area (Å²) < 4.78 is 6.90. The molecule has 4 rings (SSSR count). The number of nitrogens with one attached hydrogen (secondary N) is 2. The highest BCUT2D eigenvalue weighted by molar-refractivity contribution is 5.92. The Kier molecular flexibility index (Phi) is 6.12. The molecule has 8 heteroatoms. The Labute approximate surface area is 186 Å². The minimum absolute atomic E-state index is 0.0820. The zero-order valence-electron chi connectivity index (χ0n) is 18.2. The van der Waals surface area contributed by atoms with E-state index in [0.717, 1.165) is 34.1 Å². The zero-order chi connectivity index (χ0) is 22.5. The summed E-state index contributed by atoms with van der Waals surface area (Å²) in [5, 5.41) is 19.0. The molecule has 162 valence electrons. The molecule has 0 aliphatic heterocycles. The van der Waals surface area contributed by atoms with E-state index in [1.165, 1.54) is 0 Å². The van der Waals surface area contributed by atoms with E-state index in [4.69, 9.17) is 4.74 Å². The fourth-order valence-corrected chi connectivity index (χ4v) is 3.28. The first-order valence-corrected chi connectivity index (χ1v) is 10.2. The lowest BCUT2D eigenvalue weighted by Gasteiger charge is -2.09. The van der Waals surface area contributed by atoms with Crippen LogP contribution in [0.2, 0.25) is 0 Å². The van der Waals surface area contributed by atoms with Gasteiger partial charge in [-0.1, -0.05) is 12.1 Å². The predicted octanol–water partition coefficient (Wildman–Crippen LogP) is 4.21. The van der Waals surface area contributed by atoms with E-state index in [-0.39, 0.29) is 5.91 Å². The fraction of sp³-hybridized carbons (Fsp3) is 0.167. The Bertz CT molecular complexity index is 1200. The van der Waals surface area contributed by atoms with Crippen LogP contribution in [0, 0.1) is 13.8 Å². The van der Waals surface area contributed by atoms with Crippen molar-refractivity contribution in [2.24, 2.45) is 0 Å². The first-order chi connectivity index (χ1) is 15.5. The molecule has 2 aromatic heterocycles. The summed E-state index contributed by atoms with van der Waals surface area (Å²) in [5.74, 6) is 1.97. The molecule has 0 bridgehead atoms. The number of rotatable bonds is 7. The molecule has 0 spiro atoms. The summed E-state index contributed by atoms with van der Waals surface area (Å²) in [6.07, 6.45) is 0.293. The number of aromatic nitrogens is 4. The number of aryl methyl sites for hydroxylation is 2. The first kappa shape index (κ1) is 21.0. The van der Waals surface area contributed by atoms with E-state index in [1.54, 1.807) is 11.8 Å². The van der Waals surface area contributed by atoms with Crippen molar-refractivity contribution in [1.29, 1.82) is 0 Å². The lowest BCUT2D eigenvalue weighted by Crippen LogP contribution is -2.14. The third kappa shape index (κ3) is 5.10. The number of nitrogens with zero attached hydrogens (tertiary/aromatic N) is 4. The van der Waals surface area contributed by atoms with Gasteiger partial charge >= 0.3 is 0 Å². The molecule has 2 heterocycles. The molecule has 2 aromatic carbocycles. The van der Waals surface area contributed by atoms with Crippen molar-refractivity contribution in [3.05, 3.63) is 83.7 Å². The van der Waals surface area contributed by atoms with E-state index < -0.39 is 0 Å². The van der Waals surface area contributed by atoms with Crippen LogP contribution in [-0.4, -0.2) is 33.0 Å². The van der Waals surface area contributed by atoms with Gasteiger partial charge in [0.1, 0.15) is 5.75 Å². The number of hydrogen-bond acceptors (Lipinski definition) is 6. The van der Waals surface area contributed by atoms with Gasteiger partial charge in [0.25, 0.3) is 0 Å². The number of benzene rings is 2. The maximum Gasteiger partial charge on any atom is 0.228 e. The van der Waals surface area contributed by atoms with Gasteiger partial charge in [-0.25, -0.2) is 4.68 Å². The van der Waals surface area contributed by atoms with Crippen molar-refractivity contribution in [2.45, 2.75) is 20.3 Å². The second-order valence-electron chi connectivity index (χ2n) is 7.39. The first-order valence-electron chi connectivity index (χ1n) is 10.2. The molecular weight excluding hydrogens is 404 g/mol. The molecule has 0 saturated heterocycles. The highest BCUT2D eigenvalue weighted by atomic mass is 16.5. The van der Waals surface area contributed by atoms with Crippen LogP contribution in [0.3, 0.4) is 0 Å². The third-order valence-corrected chi connectivity index (χ3v) is 4.84. The number of methoxy groups -OCH3 is 1. The highest BCUT2D eigenvalue weighted by Crippen LogP contribution is 2.19. The van der Waals surface area contributed by atoms with Crippen LogP contribution in [0.15, 0.2) is 66.7 Å². The maximum absolute atomic E-state index is 12.3. The van der Waals surface area contributed by atoms with Gasteiger partial charge in [-0.3, -0.25) is 4.79 Å². The minimum Gasteiger partial charge on any atom is -0.497 e. The van der Waals surface area contributed by atoms with Crippen LogP contribution < -0.4 is 15.4 Å². The highest BCUT2D eigenvalue weighted by Gasteiger charge is 2.07. The van der Waals surface area contributed by atoms with Gasteiger partial charge in [0, 0.05) is 17.1 Å². The summed E-state index contributed by atoms with van der Waals surface area (Å²) in [7, 11) is 1.62.